The summed E-state index contributed by atoms with van der Waals surface area (Å²) in [5, 5.41) is 5.65. The first-order valence-corrected chi connectivity index (χ1v) is 7.49. The highest BCUT2D eigenvalue weighted by molar-refractivity contribution is 9.13. The zero-order chi connectivity index (χ0) is 12.4. The number of amides is 2. The summed E-state index contributed by atoms with van der Waals surface area (Å²) in [7, 11) is 0. The molecule has 0 radical (unpaired) electrons. The molecule has 0 aromatic carbocycles. The van der Waals surface area contributed by atoms with Gasteiger partial charge in [0, 0.05) is 23.5 Å². The molecule has 2 rings (SSSR count). The fourth-order valence-electron chi connectivity index (χ4n) is 1.57. The third-order valence-corrected chi connectivity index (χ3v) is 5.72. The number of carbonyl (C=O) groups excluding carboxylic acids is 2. The van der Waals surface area contributed by atoms with Crippen molar-refractivity contribution in [2.75, 3.05) is 6.54 Å². The second-order valence-corrected chi connectivity index (χ2v) is 6.97. The highest BCUT2D eigenvalue weighted by Crippen LogP contribution is 2.32. The molecular formula is C10H10Br2N2O2S. The first-order chi connectivity index (χ1) is 8.06. The van der Waals surface area contributed by atoms with Gasteiger partial charge >= 0.3 is 0 Å². The summed E-state index contributed by atoms with van der Waals surface area (Å²) >= 11 is 8.08. The molecule has 1 atom stereocenters. The van der Waals surface area contributed by atoms with Gasteiger partial charge in [-0.15, -0.1) is 11.3 Å². The van der Waals surface area contributed by atoms with Gasteiger partial charge in [0.05, 0.1) is 8.66 Å². The van der Waals surface area contributed by atoms with E-state index in [0.717, 1.165) is 8.26 Å². The van der Waals surface area contributed by atoms with Gasteiger partial charge in [-0.2, -0.15) is 0 Å². The summed E-state index contributed by atoms with van der Waals surface area (Å²) in [5.41, 5.74) is 0. The third kappa shape index (κ3) is 3.29. The fraction of sp³-hybridized carbons (Fsp3) is 0.400. The van der Waals surface area contributed by atoms with E-state index in [-0.39, 0.29) is 17.9 Å². The molecule has 1 unspecified atom stereocenters. The molecule has 1 aromatic heterocycles. The van der Waals surface area contributed by atoms with E-state index in [1.165, 1.54) is 11.3 Å². The molecular weight excluding hydrogens is 372 g/mol. The number of hydrogen-bond acceptors (Lipinski definition) is 3. The molecule has 7 heteroatoms. The molecule has 92 valence electrons. The summed E-state index contributed by atoms with van der Waals surface area (Å²) < 4.78 is 1.78. The Morgan fingerprint density at radius 2 is 2.29 bits per heavy atom. The molecule has 2 amide bonds. The van der Waals surface area contributed by atoms with E-state index < -0.39 is 0 Å². The lowest BCUT2D eigenvalue weighted by Gasteiger charge is -2.23. The van der Waals surface area contributed by atoms with Gasteiger partial charge in [-0.1, -0.05) is 0 Å². The Balaban J connectivity index is 1.95. The van der Waals surface area contributed by atoms with E-state index in [4.69, 9.17) is 0 Å². The number of carbonyl (C=O) groups is 2. The maximum atomic E-state index is 11.9. The van der Waals surface area contributed by atoms with Crippen LogP contribution >= 0.6 is 43.2 Å². The fourth-order valence-corrected chi connectivity index (χ4v) is 3.51. The lowest BCUT2D eigenvalue weighted by atomic mass is 10.1. The Morgan fingerprint density at radius 3 is 2.82 bits per heavy atom. The molecule has 4 nitrogen and oxygen atoms in total. The van der Waals surface area contributed by atoms with Crippen molar-refractivity contribution < 1.29 is 9.59 Å². The van der Waals surface area contributed by atoms with Gasteiger partial charge in [0.1, 0.15) is 0 Å². The van der Waals surface area contributed by atoms with Crippen molar-refractivity contribution in [3.8, 4) is 0 Å². The first kappa shape index (κ1) is 13.0. The number of piperidine rings is 1. The molecule has 17 heavy (non-hydrogen) atoms. The summed E-state index contributed by atoms with van der Waals surface area (Å²) in [5.74, 6) is -0.0420. The van der Waals surface area contributed by atoms with Gasteiger partial charge in [0.25, 0.3) is 5.91 Å². The minimum atomic E-state index is -0.0949. The zero-order valence-corrected chi connectivity index (χ0v) is 12.7. The highest BCUT2D eigenvalue weighted by Gasteiger charge is 2.21. The van der Waals surface area contributed by atoms with E-state index in [9.17, 15) is 9.59 Å². The second kappa shape index (κ2) is 5.49. The number of hydrogen-bond donors (Lipinski definition) is 2. The van der Waals surface area contributed by atoms with Gasteiger partial charge in [-0.3, -0.25) is 9.59 Å². The number of nitrogens with one attached hydrogen (secondary N) is 2. The maximum Gasteiger partial charge on any atom is 0.261 e. The molecule has 1 aliphatic rings. The summed E-state index contributed by atoms with van der Waals surface area (Å²) in [6, 6.07) is 1.81. The monoisotopic (exact) mass is 380 g/mol. The predicted octanol–water partition coefficient (Wildman–Crippen LogP) is 2.28. The van der Waals surface area contributed by atoms with Crippen molar-refractivity contribution in [2.24, 2.45) is 0 Å². The van der Waals surface area contributed by atoms with Crippen LogP contribution in [0.5, 0.6) is 0 Å². The average molecular weight is 382 g/mol. The Labute approximate surface area is 119 Å². The summed E-state index contributed by atoms with van der Waals surface area (Å²) in [6.07, 6.45) is 1.17. The van der Waals surface area contributed by atoms with Crippen LogP contribution in [-0.4, -0.2) is 24.4 Å². The molecule has 0 spiro atoms. The van der Waals surface area contributed by atoms with Crippen molar-refractivity contribution in [1.82, 2.24) is 10.6 Å². The average Bonchev–Trinajstić information content (AvgIpc) is 2.63. The van der Waals surface area contributed by atoms with Crippen LogP contribution in [0.4, 0.5) is 0 Å². The Morgan fingerprint density at radius 1 is 1.53 bits per heavy atom. The lowest BCUT2D eigenvalue weighted by Crippen LogP contribution is -2.47. The van der Waals surface area contributed by atoms with Crippen LogP contribution in [0, 0.1) is 0 Å². The molecule has 2 N–H and O–H groups in total. The van der Waals surface area contributed by atoms with Crippen molar-refractivity contribution >= 4 is 55.0 Å². The van der Waals surface area contributed by atoms with E-state index in [1.54, 1.807) is 6.07 Å². The van der Waals surface area contributed by atoms with Gasteiger partial charge in [-0.25, -0.2) is 0 Å². The Hall–Kier alpha value is -0.400. The zero-order valence-electron chi connectivity index (χ0n) is 8.76. The standard InChI is InChI=1S/C10H10Br2N2O2S/c11-6-3-7(17-9(6)12)10(16)14-5-1-2-8(15)13-4-5/h3,5H,1-2,4H2,(H,13,15)(H,14,16). The van der Waals surface area contributed by atoms with Gasteiger partial charge in [0.2, 0.25) is 5.91 Å². The first-order valence-electron chi connectivity index (χ1n) is 5.08. The Bertz CT molecular complexity index is 432. The SMILES string of the molecule is O=C1CCC(NC(=O)c2cc(Br)c(Br)s2)CN1. The molecule has 0 aliphatic carbocycles. The topological polar surface area (TPSA) is 58.2 Å². The minimum Gasteiger partial charge on any atom is -0.354 e. The van der Waals surface area contributed by atoms with Crippen LogP contribution < -0.4 is 10.6 Å². The van der Waals surface area contributed by atoms with E-state index in [1.807, 2.05) is 0 Å². The molecule has 0 bridgehead atoms. The van der Waals surface area contributed by atoms with Crippen LogP contribution in [0.15, 0.2) is 14.3 Å². The molecule has 1 saturated heterocycles. The number of thiophene rings is 1. The van der Waals surface area contributed by atoms with Gasteiger partial charge < -0.3 is 10.6 Å². The highest BCUT2D eigenvalue weighted by atomic mass is 79.9. The van der Waals surface area contributed by atoms with Crippen LogP contribution in [0.2, 0.25) is 0 Å². The van der Waals surface area contributed by atoms with Gasteiger partial charge in [-0.05, 0) is 44.3 Å². The van der Waals surface area contributed by atoms with Gasteiger partial charge in [0.15, 0.2) is 0 Å². The van der Waals surface area contributed by atoms with Crippen molar-refractivity contribution in [2.45, 2.75) is 18.9 Å². The van der Waals surface area contributed by atoms with Crippen LogP contribution in [0.1, 0.15) is 22.5 Å². The van der Waals surface area contributed by atoms with Crippen molar-refractivity contribution in [1.29, 1.82) is 0 Å². The van der Waals surface area contributed by atoms with Crippen LogP contribution in [-0.2, 0) is 4.79 Å². The van der Waals surface area contributed by atoms with Crippen molar-refractivity contribution in [3.63, 3.8) is 0 Å². The second-order valence-electron chi connectivity index (χ2n) is 3.75. The Kier molecular flexibility index (Phi) is 4.22. The molecule has 1 aromatic rings. The van der Waals surface area contributed by atoms with E-state index in [0.29, 0.717) is 24.3 Å². The maximum absolute atomic E-state index is 11.9. The predicted molar refractivity (Wildman–Crippen MR) is 73.2 cm³/mol. The van der Waals surface area contributed by atoms with Crippen LogP contribution in [0.25, 0.3) is 0 Å². The molecule has 0 saturated carbocycles. The van der Waals surface area contributed by atoms with E-state index >= 15 is 0 Å². The molecule has 1 fully saturated rings. The van der Waals surface area contributed by atoms with Crippen LogP contribution in [0.3, 0.4) is 0 Å². The quantitative estimate of drug-likeness (QED) is 0.825. The normalized spacial score (nSPS) is 19.9. The third-order valence-electron chi connectivity index (χ3n) is 2.47. The minimum absolute atomic E-state index is 0.0276. The number of rotatable bonds is 2. The van der Waals surface area contributed by atoms with Crippen molar-refractivity contribution in [3.05, 3.63) is 19.2 Å². The number of halogens is 2. The largest absolute Gasteiger partial charge is 0.354 e. The lowest BCUT2D eigenvalue weighted by molar-refractivity contribution is -0.122. The molecule has 1 aliphatic heterocycles. The van der Waals surface area contributed by atoms with E-state index in [2.05, 4.69) is 42.5 Å². The smallest absolute Gasteiger partial charge is 0.261 e. The molecule has 2 heterocycles. The summed E-state index contributed by atoms with van der Waals surface area (Å²) in [6.45, 7) is 0.512. The summed E-state index contributed by atoms with van der Waals surface area (Å²) in [4.78, 5) is 23.5.